The van der Waals surface area contributed by atoms with Crippen LogP contribution in [-0.4, -0.2) is 38.0 Å². The van der Waals surface area contributed by atoms with Gasteiger partial charge in [-0.05, 0) is 18.7 Å². The fourth-order valence-corrected chi connectivity index (χ4v) is 3.16. The van der Waals surface area contributed by atoms with E-state index in [0.29, 0.717) is 4.90 Å². The molecule has 7 heteroatoms. The lowest BCUT2D eigenvalue weighted by atomic mass is 10.2. The molecule has 0 aliphatic rings. The maximum Gasteiger partial charge on any atom is 0.175 e. The summed E-state index contributed by atoms with van der Waals surface area (Å²) in [6, 6.07) is 6.74. The number of likely N-dealkylation sites (N-methyl/N-ethyl adjacent to an activating group) is 1. The lowest BCUT2D eigenvalue weighted by Crippen LogP contribution is -2.15. The van der Waals surface area contributed by atoms with Gasteiger partial charge >= 0.3 is 0 Å². The van der Waals surface area contributed by atoms with Crippen molar-refractivity contribution in [3.8, 4) is 10.6 Å². The number of hydrogen-bond acceptors (Lipinski definition) is 6. The predicted molar refractivity (Wildman–Crippen MR) is 80.7 cm³/mol. The standard InChI is InChI=1S/C13H17N3O2S2/c1-3-14-9-8-12-15-16-13(19-12)10-4-6-11(7-5-10)20(2,17)18/h4-7,14H,3,8-9H2,1-2H3. The highest BCUT2D eigenvalue weighted by atomic mass is 32.2. The third-order valence-electron chi connectivity index (χ3n) is 2.76. The molecule has 2 aromatic rings. The lowest BCUT2D eigenvalue weighted by Gasteiger charge is -1.99. The van der Waals surface area contributed by atoms with Crippen LogP contribution < -0.4 is 5.32 Å². The van der Waals surface area contributed by atoms with Gasteiger partial charge in [-0.25, -0.2) is 8.42 Å². The average Bonchev–Trinajstić information content (AvgIpc) is 2.87. The van der Waals surface area contributed by atoms with Crippen LogP contribution in [0.15, 0.2) is 29.2 Å². The minimum Gasteiger partial charge on any atom is -0.317 e. The summed E-state index contributed by atoms with van der Waals surface area (Å²) in [5, 5.41) is 13.3. The van der Waals surface area contributed by atoms with E-state index in [1.807, 2.05) is 0 Å². The molecule has 0 bridgehead atoms. The zero-order valence-electron chi connectivity index (χ0n) is 11.5. The zero-order valence-corrected chi connectivity index (χ0v) is 13.1. The molecule has 1 N–H and O–H groups in total. The van der Waals surface area contributed by atoms with E-state index < -0.39 is 9.84 Å². The summed E-state index contributed by atoms with van der Waals surface area (Å²) in [7, 11) is -3.15. The number of nitrogens with one attached hydrogen (secondary N) is 1. The first-order chi connectivity index (χ1) is 9.50. The van der Waals surface area contributed by atoms with Crippen molar-refractivity contribution >= 4 is 21.2 Å². The molecule has 20 heavy (non-hydrogen) atoms. The molecule has 0 radical (unpaired) electrons. The molecule has 0 saturated heterocycles. The second-order valence-corrected chi connectivity index (χ2v) is 7.48. The van der Waals surface area contributed by atoms with Crippen LogP contribution in [0.2, 0.25) is 0 Å². The highest BCUT2D eigenvalue weighted by Gasteiger charge is 2.09. The summed E-state index contributed by atoms with van der Waals surface area (Å²) in [5.41, 5.74) is 0.893. The minimum atomic E-state index is -3.15. The fourth-order valence-electron chi connectivity index (χ4n) is 1.69. The molecule has 1 aromatic carbocycles. The van der Waals surface area contributed by atoms with Crippen LogP contribution in [0, 0.1) is 0 Å². The van der Waals surface area contributed by atoms with E-state index in [2.05, 4.69) is 22.4 Å². The van der Waals surface area contributed by atoms with Gasteiger partial charge in [-0.1, -0.05) is 30.4 Å². The van der Waals surface area contributed by atoms with Gasteiger partial charge in [0, 0.05) is 24.8 Å². The molecule has 0 aliphatic heterocycles. The molecule has 2 rings (SSSR count). The first kappa shape index (κ1) is 15.1. The lowest BCUT2D eigenvalue weighted by molar-refractivity contribution is 0.602. The Morgan fingerprint density at radius 1 is 1.20 bits per heavy atom. The monoisotopic (exact) mass is 311 g/mol. The van der Waals surface area contributed by atoms with Crippen molar-refractivity contribution in [1.82, 2.24) is 15.5 Å². The summed E-state index contributed by atoms with van der Waals surface area (Å²) in [6.45, 7) is 3.89. The van der Waals surface area contributed by atoms with Gasteiger partial charge in [-0.15, -0.1) is 10.2 Å². The first-order valence-electron chi connectivity index (χ1n) is 6.34. The van der Waals surface area contributed by atoms with E-state index in [1.165, 1.54) is 17.6 Å². The normalized spacial score (nSPS) is 11.7. The Hall–Kier alpha value is -1.31. The molecule has 0 atom stereocenters. The van der Waals surface area contributed by atoms with Crippen molar-refractivity contribution in [2.75, 3.05) is 19.3 Å². The van der Waals surface area contributed by atoms with Gasteiger partial charge in [0.05, 0.1) is 4.90 Å². The van der Waals surface area contributed by atoms with Crippen molar-refractivity contribution in [3.05, 3.63) is 29.3 Å². The summed E-state index contributed by atoms with van der Waals surface area (Å²) < 4.78 is 22.8. The first-order valence-corrected chi connectivity index (χ1v) is 9.05. The Morgan fingerprint density at radius 2 is 1.90 bits per heavy atom. The van der Waals surface area contributed by atoms with Gasteiger partial charge in [0.15, 0.2) is 9.84 Å². The number of nitrogens with zero attached hydrogens (tertiary/aromatic N) is 2. The molecule has 0 saturated carbocycles. The third-order valence-corrected chi connectivity index (χ3v) is 4.92. The summed E-state index contributed by atoms with van der Waals surface area (Å²) >= 11 is 1.54. The maximum atomic E-state index is 11.4. The average molecular weight is 311 g/mol. The van der Waals surface area contributed by atoms with Crippen LogP contribution in [0.4, 0.5) is 0 Å². The minimum absolute atomic E-state index is 0.318. The summed E-state index contributed by atoms with van der Waals surface area (Å²) in [6.07, 6.45) is 2.05. The second-order valence-electron chi connectivity index (χ2n) is 4.40. The molecule has 0 unspecified atom stereocenters. The van der Waals surface area contributed by atoms with E-state index in [1.54, 1.807) is 24.3 Å². The van der Waals surface area contributed by atoms with Crippen LogP contribution in [0.5, 0.6) is 0 Å². The molecule has 0 amide bonds. The van der Waals surface area contributed by atoms with Crippen molar-refractivity contribution in [2.24, 2.45) is 0 Å². The van der Waals surface area contributed by atoms with Gasteiger partial charge in [-0.2, -0.15) is 0 Å². The van der Waals surface area contributed by atoms with E-state index in [0.717, 1.165) is 35.1 Å². The second kappa shape index (κ2) is 6.43. The third kappa shape index (κ3) is 3.84. The van der Waals surface area contributed by atoms with E-state index in [4.69, 9.17) is 0 Å². The van der Waals surface area contributed by atoms with Crippen molar-refractivity contribution in [1.29, 1.82) is 0 Å². The molecule has 1 aromatic heterocycles. The predicted octanol–water partition coefficient (Wildman–Crippen LogP) is 1.76. The fraction of sp³-hybridized carbons (Fsp3) is 0.385. The van der Waals surface area contributed by atoms with Crippen LogP contribution in [-0.2, 0) is 16.3 Å². The molecule has 0 spiro atoms. The topological polar surface area (TPSA) is 72.0 Å². The molecular weight excluding hydrogens is 294 g/mol. The van der Waals surface area contributed by atoms with Crippen molar-refractivity contribution < 1.29 is 8.42 Å². The van der Waals surface area contributed by atoms with Gasteiger partial charge < -0.3 is 5.32 Å². The number of benzene rings is 1. The van der Waals surface area contributed by atoms with Crippen LogP contribution in [0.25, 0.3) is 10.6 Å². The van der Waals surface area contributed by atoms with Gasteiger partial charge in [-0.3, -0.25) is 0 Å². The highest BCUT2D eigenvalue weighted by molar-refractivity contribution is 7.90. The Kier molecular flexibility index (Phi) is 4.85. The number of hydrogen-bond donors (Lipinski definition) is 1. The van der Waals surface area contributed by atoms with Gasteiger partial charge in [0.2, 0.25) is 0 Å². The molecule has 1 heterocycles. The zero-order chi connectivity index (χ0) is 14.6. The highest BCUT2D eigenvalue weighted by Crippen LogP contribution is 2.24. The van der Waals surface area contributed by atoms with Crippen LogP contribution in [0.3, 0.4) is 0 Å². The van der Waals surface area contributed by atoms with Crippen LogP contribution in [0.1, 0.15) is 11.9 Å². The van der Waals surface area contributed by atoms with Gasteiger partial charge in [0.1, 0.15) is 10.0 Å². The smallest absolute Gasteiger partial charge is 0.175 e. The SMILES string of the molecule is CCNCCc1nnc(-c2ccc(S(C)(=O)=O)cc2)s1. The number of aromatic nitrogens is 2. The number of sulfone groups is 1. The largest absolute Gasteiger partial charge is 0.317 e. The van der Waals surface area contributed by atoms with Gasteiger partial charge in [0.25, 0.3) is 0 Å². The Balaban J connectivity index is 2.12. The molecule has 0 fully saturated rings. The summed E-state index contributed by atoms with van der Waals surface area (Å²) in [4.78, 5) is 0.318. The van der Waals surface area contributed by atoms with E-state index in [-0.39, 0.29) is 0 Å². The molecule has 5 nitrogen and oxygen atoms in total. The Bertz CT molecular complexity index is 663. The molecular formula is C13H17N3O2S2. The van der Waals surface area contributed by atoms with E-state index in [9.17, 15) is 8.42 Å². The summed E-state index contributed by atoms with van der Waals surface area (Å²) in [5.74, 6) is 0. The van der Waals surface area contributed by atoms with E-state index >= 15 is 0 Å². The van der Waals surface area contributed by atoms with Crippen LogP contribution >= 0.6 is 11.3 Å². The maximum absolute atomic E-state index is 11.4. The Morgan fingerprint density at radius 3 is 2.50 bits per heavy atom. The molecule has 0 aliphatic carbocycles. The van der Waals surface area contributed by atoms with Crippen molar-refractivity contribution in [2.45, 2.75) is 18.2 Å². The number of rotatable bonds is 6. The molecule has 108 valence electrons. The van der Waals surface area contributed by atoms with Crippen molar-refractivity contribution in [3.63, 3.8) is 0 Å². The quantitative estimate of drug-likeness (QED) is 0.823. The Labute approximate surface area is 123 Å².